The van der Waals surface area contributed by atoms with E-state index >= 15 is 0 Å². The summed E-state index contributed by atoms with van der Waals surface area (Å²) < 4.78 is 0. The van der Waals surface area contributed by atoms with Gasteiger partial charge in [0.1, 0.15) is 0 Å². The normalized spacial score (nSPS) is 12.5. The van der Waals surface area contributed by atoms with E-state index in [4.69, 9.17) is 5.73 Å². The molecule has 1 aromatic rings. The molecule has 96 valence electrons. The first-order chi connectivity index (χ1) is 8.10. The van der Waals surface area contributed by atoms with Crippen LogP contribution in [-0.4, -0.2) is 31.6 Å². The first kappa shape index (κ1) is 14.4. The van der Waals surface area contributed by atoms with Gasteiger partial charge in [-0.2, -0.15) is 11.8 Å². The number of rotatable bonds is 6. The average Bonchev–Trinajstić information content (AvgIpc) is 2.31. The van der Waals surface area contributed by atoms with Gasteiger partial charge in [-0.15, -0.1) is 0 Å². The van der Waals surface area contributed by atoms with Crippen LogP contribution in [0.4, 0.5) is 5.69 Å². The largest absolute Gasteiger partial charge is 0.371 e. The van der Waals surface area contributed by atoms with Crippen LogP contribution in [0.3, 0.4) is 0 Å². The summed E-state index contributed by atoms with van der Waals surface area (Å²) in [6.07, 6.45) is 3.12. The summed E-state index contributed by atoms with van der Waals surface area (Å²) in [5.41, 5.74) is 9.60. The fourth-order valence-corrected chi connectivity index (χ4v) is 2.65. The highest BCUT2D eigenvalue weighted by molar-refractivity contribution is 7.98. The fourth-order valence-electron chi connectivity index (χ4n) is 1.94. The van der Waals surface area contributed by atoms with Crippen LogP contribution in [0.2, 0.25) is 0 Å². The van der Waals surface area contributed by atoms with Crippen molar-refractivity contribution in [1.82, 2.24) is 0 Å². The zero-order valence-corrected chi connectivity index (χ0v) is 12.2. The van der Waals surface area contributed by atoms with E-state index in [1.54, 1.807) is 0 Å². The molecule has 0 saturated heterocycles. The van der Waals surface area contributed by atoms with Crippen LogP contribution in [0.25, 0.3) is 0 Å². The molecule has 2 nitrogen and oxygen atoms in total. The molecule has 0 amide bonds. The van der Waals surface area contributed by atoms with Crippen molar-refractivity contribution >= 4 is 17.4 Å². The molecule has 0 bridgehead atoms. The van der Waals surface area contributed by atoms with Crippen LogP contribution >= 0.6 is 11.8 Å². The van der Waals surface area contributed by atoms with E-state index in [9.17, 15) is 0 Å². The molecule has 17 heavy (non-hydrogen) atoms. The third-order valence-electron chi connectivity index (χ3n) is 3.22. The Bertz CT molecular complexity index is 352. The van der Waals surface area contributed by atoms with Crippen LogP contribution < -0.4 is 10.6 Å². The molecule has 1 unspecified atom stereocenters. The van der Waals surface area contributed by atoms with E-state index in [0.717, 1.165) is 18.7 Å². The summed E-state index contributed by atoms with van der Waals surface area (Å²) in [5.74, 6) is 1.15. The topological polar surface area (TPSA) is 29.3 Å². The van der Waals surface area contributed by atoms with E-state index in [1.165, 1.54) is 16.8 Å². The van der Waals surface area contributed by atoms with Crippen LogP contribution in [0, 0.1) is 6.92 Å². The molecule has 0 aliphatic rings. The van der Waals surface area contributed by atoms with Crippen LogP contribution in [0.1, 0.15) is 18.1 Å². The second kappa shape index (κ2) is 6.92. The highest BCUT2D eigenvalue weighted by Gasteiger charge is 2.10. The van der Waals surface area contributed by atoms with Gasteiger partial charge in [0.15, 0.2) is 0 Å². The van der Waals surface area contributed by atoms with Crippen LogP contribution in [-0.2, 0) is 6.42 Å². The van der Waals surface area contributed by atoms with Crippen LogP contribution in [0.5, 0.6) is 0 Å². The molecule has 1 aromatic carbocycles. The van der Waals surface area contributed by atoms with Gasteiger partial charge in [0.2, 0.25) is 0 Å². The highest BCUT2D eigenvalue weighted by atomic mass is 32.2. The summed E-state index contributed by atoms with van der Waals surface area (Å²) in [4.78, 5) is 2.34. The van der Waals surface area contributed by atoms with Crippen molar-refractivity contribution in [3.05, 3.63) is 29.3 Å². The lowest BCUT2D eigenvalue weighted by atomic mass is 10.0. The van der Waals surface area contributed by atoms with Gasteiger partial charge in [-0.1, -0.05) is 6.07 Å². The Morgan fingerprint density at radius 2 is 2.12 bits per heavy atom. The zero-order valence-electron chi connectivity index (χ0n) is 11.4. The van der Waals surface area contributed by atoms with E-state index in [2.05, 4.69) is 50.2 Å². The smallest absolute Gasteiger partial charge is 0.0369 e. The van der Waals surface area contributed by atoms with E-state index < -0.39 is 0 Å². The van der Waals surface area contributed by atoms with Gasteiger partial charge in [0, 0.05) is 24.5 Å². The Labute approximate surface area is 110 Å². The van der Waals surface area contributed by atoms with Gasteiger partial charge in [-0.25, -0.2) is 0 Å². The lowest BCUT2D eigenvalue weighted by Gasteiger charge is -2.27. The van der Waals surface area contributed by atoms with Gasteiger partial charge < -0.3 is 10.6 Å². The summed E-state index contributed by atoms with van der Waals surface area (Å²) in [6.45, 7) is 5.15. The molecule has 2 N–H and O–H groups in total. The highest BCUT2D eigenvalue weighted by Crippen LogP contribution is 2.21. The van der Waals surface area contributed by atoms with Crippen molar-refractivity contribution in [1.29, 1.82) is 0 Å². The Balaban J connectivity index is 2.81. The van der Waals surface area contributed by atoms with Crippen molar-refractivity contribution in [3.63, 3.8) is 0 Å². The molecule has 3 heteroatoms. The number of nitrogens with two attached hydrogens (primary N) is 1. The number of nitrogens with zero attached hydrogens (tertiary/aromatic N) is 1. The first-order valence-electron chi connectivity index (χ1n) is 6.11. The number of hydrogen-bond acceptors (Lipinski definition) is 3. The number of anilines is 1. The van der Waals surface area contributed by atoms with Crippen molar-refractivity contribution in [3.8, 4) is 0 Å². The number of aryl methyl sites for hydroxylation is 1. The Morgan fingerprint density at radius 1 is 1.41 bits per heavy atom. The SMILES string of the molecule is CSCC(C)N(C)c1ccc(CCN)c(C)c1. The molecule has 0 heterocycles. The van der Waals surface area contributed by atoms with E-state index in [0.29, 0.717) is 6.04 Å². The summed E-state index contributed by atoms with van der Waals surface area (Å²) >= 11 is 1.89. The summed E-state index contributed by atoms with van der Waals surface area (Å²) in [6, 6.07) is 7.24. The minimum Gasteiger partial charge on any atom is -0.371 e. The number of hydrogen-bond donors (Lipinski definition) is 1. The molecule has 0 aliphatic carbocycles. The zero-order chi connectivity index (χ0) is 12.8. The molecule has 1 atom stereocenters. The molecular weight excluding hydrogens is 228 g/mol. The van der Waals surface area contributed by atoms with Crippen molar-refractivity contribution in [2.24, 2.45) is 5.73 Å². The molecule has 0 aliphatic heterocycles. The van der Waals surface area contributed by atoms with Crippen molar-refractivity contribution < 1.29 is 0 Å². The minimum atomic E-state index is 0.560. The standard InChI is InChI=1S/C14H24N2S/c1-11-9-14(6-5-13(11)7-8-15)16(3)12(2)10-17-4/h5-6,9,12H,7-8,10,15H2,1-4H3. The minimum absolute atomic E-state index is 0.560. The van der Waals surface area contributed by atoms with Gasteiger partial charge in [-0.3, -0.25) is 0 Å². The Morgan fingerprint density at radius 3 is 2.65 bits per heavy atom. The van der Waals surface area contributed by atoms with E-state index in [-0.39, 0.29) is 0 Å². The first-order valence-corrected chi connectivity index (χ1v) is 7.51. The lowest BCUT2D eigenvalue weighted by Crippen LogP contribution is -2.30. The maximum Gasteiger partial charge on any atom is 0.0369 e. The third-order valence-corrected chi connectivity index (χ3v) is 4.03. The van der Waals surface area contributed by atoms with Crippen molar-refractivity contribution in [2.45, 2.75) is 26.3 Å². The number of benzene rings is 1. The molecule has 1 rings (SSSR count). The molecular formula is C14H24N2S. The molecule has 0 radical (unpaired) electrons. The van der Waals surface area contributed by atoms with Crippen LogP contribution in [0.15, 0.2) is 18.2 Å². The number of thioether (sulfide) groups is 1. The predicted molar refractivity (Wildman–Crippen MR) is 80.2 cm³/mol. The van der Waals surface area contributed by atoms with Gasteiger partial charge in [-0.05, 0) is 56.3 Å². The Kier molecular flexibility index (Phi) is 5.86. The summed E-state index contributed by atoms with van der Waals surface area (Å²) in [7, 11) is 2.16. The summed E-state index contributed by atoms with van der Waals surface area (Å²) in [5, 5.41) is 0. The van der Waals surface area contributed by atoms with E-state index in [1.807, 2.05) is 11.8 Å². The van der Waals surface area contributed by atoms with Gasteiger partial charge in [0.05, 0.1) is 0 Å². The molecule has 0 saturated carbocycles. The van der Waals surface area contributed by atoms with Gasteiger partial charge in [0.25, 0.3) is 0 Å². The third kappa shape index (κ3) is 3.93. The molecule has 0 fully saturated rings. The second-order valence-corrected chi connectivity index (χ2v) is 5.48. The molecule has 0 aromatic heterocycles. The maximum atomic E-state index is 5.60. The monoisotopic (exact) mass is 252 g/mol. The lowest BCUT2D eigenvalue weighted by molar-refractivity contribution is 0.764. The predicted octanol–water partition coefficient (Wildman–Crippen LogP) is 2.68. The average molecular weight is 252 g/mol. The second-order valence-electron chi connectivity index (χ2n) is 4.56. The fraction of sp³-hybridized carbons (Fsp3) is 0.571. The van der Waals surface area contributed by atoms with Crippen molar-refractivity contribution in [2.75, 3.05) is 30.5 Å². The van der Waals surface area contributed by atoms with Gasteiger partial charge >= 0.3 is 0 Å². The maximum absolute atomic E-state index is 5.60. The Hall–Kier alpha value is -0.670. The molecule has 0 spiro atoms. The quantitative estimate of drug-likeness (QED) is 0.844.